The van der Waals surface area contributed by atoms with Gasteiger partial charge >= 0.3 is 0 Å². The molecule has 0 bridgehead atoms. The molecule has 0 aliphatic carbocycles. The maximum absolute atomic E-state index is 10.9. The Balaban J connectivity index is 2.04. The highest BCUT2D eigenvalue weighted by molar-refractivity contribution is 5.79. The molecule has 0 spiro atoms. The lowest BCUT2D eigenvalue weighted by Gasteiger charge is -2.29. The second kappa shape index (κ2) is 9.36. The summed E-state index contributed by atoms with van der Waals surface area (Å²) in [7, 11) is 2.06. The van der Waals surface area contributed by atoms with Crippen LogP contribution in [0.1, 0.15) is 32.3 Å². The Morgan fingerprint density at radius 2 is 2.28 bits per heavy atom. The number of guanidine groups is 1. The summed E-state index contributed by atoms with van der Waals surface area (Å²) in [5.41, 5.74) is 0.949. The highest BCUT2D eigenvalue weighted by Gasteiger charge is 2.24. The third kappa shape index (κ3) is 5.42. The molecule has 1 aliphatic heterocycles. The SMILES string of the molecule is CCNC(=NCc1cccc([N+](=O)[O-])c1)N(C)CC1CCCN1CC. The van der Waals surface area contributed by atoms with E-state index in [4.69, 9.17) is 0 Å². The third-order valence-electron chi connectivity index (χ3n) is 4.62. The number of aliphatic imine (C=N–C) groups is 1. The Labute approximate surface area is 149 Å². The Morgan fingerprint density at radius 3 is 2.96 bits per heavy atom. The molecule has 1 unspecified atom stereocenters. The van der Waals surface area contributed by atoms with E-state index in [0.717, 1.165) is 31.2 Å². The van der Waals surface area contributed by atoms with Gasteiger partial charge in [-0.15, -0.1) is 0 Å². The van der Waals surface area contributed by atoms with Crippen molar-refractivity contribution in [3.8, 4) is 0 Å². The van der Waals surface area contributed by atoms with E-state index in [1.165, 1.54) is 25.5 Å². The van der Waals surface area contributed by atoms with E-state index < -0.39 is 0 Å². The molecule has 1 heterocycles. The molecule has 0 aromatic heterocycles. The minimum atomic E-state index is -0.371. The molecule has 2 rings (SSSR count). The zero-order chi connectivity index (χ0) is 18.2. The quantitative estimate of drug-likeness (QED) is 0.355. The first-order chi connectivity index (χ1) is 12.0. The molecule has 138 valence electrons. The first kappa shape index (κ1) is 19.2. The molecule has 1 aliphatic rings. The number of nitro groups is 1. The predicted octanol–water partition coefficient (Wildman–Crippen LogP) is 2.48. The van der Waals surface area contributed by atoms with Gasteiger partial charge in [0.25, 0.3) is 5.69 Å². The van der Waals surface area contributed by atoms with E-state index >= 15 is 0 Å². The number of nitro benzene ring substituents is 1. The van der Waals surface area contributed by atoms with Gasteiger partial charge in [0.05, 0.1) is 11.5 Å². The molecule has 7 nitrogen and oxygen atoms in total. The third-order valence-corrected chi connectivity index (χ3v) is 4.62. The van der Waals surface area contributed by atoms with Crippen LogP contribution in [0, 0.1) is 10.1 Å². The van der Waals surface area contributed by atoms with Crippen molar-refractivity contribution in [3.63, 3.8) is 0 Å². The predicted molar refractivity (Wildman–Crippen MR) is 101 cm³/mol. The van der Waals surface area contributed by atoms with Crippen LogP contribution in [0.25, 0.3) is 0 Å². The monoisotopic (exact) mass is 347 g/mol. The molecule has 1 saturated heterocycles. The summed E-state index contributed by atoms with van der Waals surface area (Å²) in [6.07, 6.45) is 2.48. The smallest absolute Gasteiger partial charge is 0.269 e. The van der Waals surface area contributed by atoms with Crippen molar-refractivity contribution in [1.82, 2.24) is 15.1 Å². The van der Waals surface area contributed by atoms with Gasteiger partial charge in [0.2, 0.25) is 0 Å². The summed E-state index contributed by atoms with van der Waals surface area (Å²) < 4.78 is 0. The van der Waals surface area contributed by atoms with Crippen LogP contribution in [0.15, 0.2) is 29.3 Å². The van der Waals surface area contributed by atoms with Crippen molar-refractivity contribution in [2.24, 2.45) is 4.99 Å². The molecule has 0 radical (unpaired) electrons. The van der Waals surface area contributed by atoms with Gasteiger partial charge in [0.15, 0.2) is 5.96 Å². The van der Waals surface area contributed by atoms with Crippen LogP contribution in [-0.4, -0.2) is 60.0 Å². The molecule has 0 amide bonds. The fourth-order valence-electron chi connectivity index (χ4n) is 3.33. The van der Waals surface area contributed by atoms with Gasteiger partial charge < -0.3 is 10.2 Å². The van der Waals surface area contributed by atoms with E-state index in [1.54, 1.807) is 12.1 Å². The van der Waals surface area contributed by atoms with E-state index in [-0.39, 0.29) is 10.6 Å². The van der Waals surface area contributed by atoms with Gasteiger partial charge in [-0.2, -0.15) is 0 Å². The summed E-state index contributed by atoms with van der Waals surface area (Å²) in [6.45, 7) is 8.67. The Morgan fingerprint density at radius 1 is 1.48 bits per heavy atom. The van der Waals surface area contributed by atoms with Crippen molar-refractivity contribution in [1.29, 1.82) is 0 Å². The largest absolute Gasteiger partial charge is 0.357 e. The first-order valence-corrected chi connectivity index (χ1v) is 9.02. The summed E-state index contributed by atoms with van der Waals surface area (Å²) in [4.78, 5) is 19.9. The lowest BCUT2D eigenvalue weighted by Crippen LogP contribution is -2.45. The lowest BCUT2D eigenvalue weighted by atomic mass is 10.2. The molecule has 7 heteroatoms. The van der Waals surface area contributed by atoms with Crippen LogP contribution in [0.3, 0.4) is 0 Å². The van der Waals surface area contributed by atoms with E-state index in [1.807, 2.05) is 13.0 Å². The second-order valence-electron chi connectivity index (χ2n) is 6.40. The maximum Gasteiger partial charge on any atom is 0.269 e. The first-order valence-electron chi connectivity index (χ1n) is 9.02. The van der Waals surface area contributed by atoms with Crippen LogP contribution >= 0.6 is 0 Å². The normalized spacial score (nSPS) is 18.4. The summed E-state index contributed by atoms with van der Waals surface area (Å²) in [5.74, 6) is 0.844. The van der Waals surface area contributed by atoms with E-state index in [9.17, 15) is 10.1 Å². The highest BCUT2D eigenvalue weighted by Crippen LogP contribution is 2.17. The van der Waals surface area contributed by atoms with Gasteiger partial charge in [-0.1, -0.05) is 19.1 Å². The minimum Gasteiger partial charge on any atom is -0.357 e. The molecule has 1 aromatic carbocycles. The topological polar surface area (TPSA) is 74.0 Å². The van der Waals surface area contributed by atoms with E-state index in [0.29, 0.717) is 12.6 Å². The van der Waals surface area contributed by atoms with E-state index in [2.05, 4.69) is 34.1 Å². The Hall–Kier alpha value is -2.15. The fraction of sp³-hybridized carbons (Fsp3) is 0.611. The number of rotatable bonds is 7. The number of benzene rings is 1. The second-order valence-corrected chi connectivity index (χ2v) is 6.40. The van der Waals surface area contributed by atoms with Crippen molar-refractivity contribution in [3.05, 3.63) is 39.9 Å². The number of hydrogen-bond acceptors (Lipinski definition) is 4. The molecule has 1 aromatic rings. The minimum absolute atomic E-state index is 0.107. The molecule has 25 heavy (non-hydrogen) atoms. The molecular weight excluding hydrogens is 318 g/mol. The Bertz CT molecular complexity index is 605. The van der Waals surface area contributed by atoms with Gasteiger partial charge in [-0.25, -0.2) is 4.99 Å². The zero-order valence-corrected chi connectivity index (χ0v) is 15.4. The van der Waals surface area contributed by atoms with Crippen molar-refractivity contribution < 1.29 is 4.92 Å². The van der Waals surface area contributed by atoms with Gasteiger partial charge in [0.1, 0.15) is 0 Å². The van der Waals surface area contributed by atoms with Crippen LogP contribution < -0.4 is 5.32 Å². The summed E-state index contributed by atoms with van der Waals surface area (Å²) in [6, 6.07) is 7.23. The molecule has 1 fully saturated rings. The van der Waals surface area contributed by atoms with Crippen LogP contribution in [0.4, 0.5) is 5.69 Å². The molecule has 1 atom stereocenters. The van der Waals surface area contributed by atoms with Crippen LogP contribution in [0.2, 0.25) is 0 Å². The van der Waals surface area contributed by atoms with Gasteiger partial charge in [-0.3, -0.25) is 15.0 Å². The van der Waals surface area contributed by atoms with Gasteiger partial charge in [0, 0.05) is 38.3 Å². The number of nitrogens with zero attached hydrogens (tertiary/aromatic N) is 4. The number of non-ortho nitro benzene ring substituents is 1. The molecule has 0 saturated carbocycles. The van der Waals surface area contributed by atoms with Gasteiger partial charge in [-0.05, 0) is 38.4 Å². The van der Waals surface area contributed by atoms with Crippen LogP contribution in [0.5, 0.6) is 0 Å². The zero-order valence-electron chi connectivity index (χ0n) is 15.4. The highest BCUT2D eigenvalue weighted by atomic mass is 16.6. The number of likely N-dealkylation sites (N-methyl/N-ethyl adjacent to an activating group) is 2. The average molecular weight is 347 g/mol. The standard InChI is InChI=1S/C18H29N5O2/c1-4-19-18(21(3)14-17-10-7-11-22(17)5-2)20-13-15-8-6-9-16(12-15)23(24)25/h6,8-9,12,17H,4-5,7,10-11,13-14H2,1-3H3,(H,19,20). The van der Waals surface area contributed by atoms with Crippen molar-refractivity contribution >= 4 is 11.6 Å². The number of nitrogens with one attached hydrogen (secondary N) is 1. The van der Waals surface area contributed by atoms with Crippen molar-refractivity contribution in [2.45, 2.75) is 39.3 Å². The summed E-state index contributed by atoms with van der Waals surface area (Å²) >= 11 is 0. The Kier molecular flexibility index (Phi) is 7.18. The molecular formula is C18H29N5O2. The van der Waals surface area contributed by atoms with Crippen LogP contribution in [-0.2, 0) is 6.54 Å². The average Bonchev–Trinajstić information content (AvgIpc) is 3.05. The fourth-order valence-corrected chi connectivity index (χ4v) is 3.33. The lowest BCUT2D eigenvalue weighted by molar-refractivity contribution is -0.384. The van der Waals surface area contributed by atoms with Crippen molar-refractivity contribution in [2.75, 3.05) is 33.2 Å². The summed E-state index contributed by atoms with van der Waals surface area (Å²) in [5, 5.41) is 14.2. The number of hydrogen-bond donors (Lipinski definition) is 1. The molecule has 1 N–H and O–H groups in total. The number of likely N-dealkylation sites (tertiary alicyclic amines) is 1. The maximum atomic E-state index is 10.9.